The SMILES string of the molecule is CCOc1cc(/C=N\NC(=O)c2ccc(C)cc2)c(Br)cc1OCc1ccc(Cl)cc1Cl. The van der Waals surface area contributed by atoms with Gasteiger partial charge >= 0.3 is 0 Å². The molecule has 0 aromatic heterocycles. The highest BCUT2D eigenvalue weighted by atomic mass is 79.9. The summed E-state index contributed by atoms with van der Waals surface area (Å²) in [5.74, 6) is 0.805. The Bertz CT molecular complexity index is 1130. The van der Waals surface area contributed by atoms with Crippen LogP contribution in [0.15, 0.2) is 64.2 Å². The number of amides is 1. The van der Waals surface area contributed by atoms with Gasteiger partial charge in [-0.1, -0.05) is 47.0 Å². The average Bonchev–Trinajstić information content (AvgIpc) is 2.76. The molecule has 3 aromatic rings. The monoisotopic (exact) mass is 534 g/mol. The molecule has 3 aromatic carbocycles. The first-order valence-electron chi connectivity index (χ1n) is 9.80. The Kier molecular flexibility index (Phi) is 8.56. The molecule has 0 aliphatic heterocycles. The highest BCUT2D eigenvalue weighted by Crippen LogP contribution is 2.34. The molecule has 3 rings (SSSR count). The van der Waals surface area contributed by atoms with Crippen LogP contribution < -0.4 is 14.9 Å². The van der Waals surface area contributed by atoms with Crippen molar-refractivity contribution >= 4 is 51.3 Å². The summed E-state index contributed by atoms with van der Waals surface area (Å²) >= 11 is 15.7. The number of ether oxygens (including phenoxy) is 2. The molecular formula is C24H21BrCl2N2O3. The minimum atomic E-state index is -0.290. The van der Waals surface area contributed by atoms with Gasteiger partial charge in [0, 0.05) is 31.2 Å². The Balaban J connectivity index is 1.73. The molecule has 8 heteroatoms. The van der Waals surface area contributed by atoms with Crippen molar-refractivity contribution in [2.75, 3.05) is 6.61 Å². The molecule has 0 bridgehead atoms. The molecule has 0 unspecified atom stereocenters. The van der Waals surface area contributed by atoms with E-state index in [9.17, 15) is 4.79 Å². The van der Waals surface area contributed by atoms with Crippen molar-refractivity contribution in [1.29, 1.82) is 0 Å². The summed E-state index contributed by atoms with van der Waals surface area (Å²) in [5, 5.41) is 5.16. The number of hydrogen-bond acceptors (Lipinski definition) is 4. The van der Waals surface area contributed by atoms with Crippen LogP contribution in [0.4, 0.5) is 0 Å². The van der Waals surface area contributed by atoms with Gasteiger partial charge in [0.15, 0.2) is 11.5 Å². The molecule has 0 heterocycles. The molecule has 0 radical (unpaired) electrons. The number of halogens is 3. The number of nitrogens with zero attached hydrogens (tertiary/aromatic N) is 1. The third kappa shape index (κ3) is 6.48. The van der Waals surface area contributed by atoms with Crippen LogP contribution in [-0.4, -0.2) is 18.7 Å². The Morgan fingerprint density at radius 1 is 1.06 bits per heavy atom. The number of benzene rings is 3. The van der Waals surface area contributed by atoms with Crippen LogP contribution in [0, 0.1) is 6.92 Å². The molecule has 0 saturated carbocycles. The molecule has 1 N–H and O–H groups in total. The van der Waals surface area contributed by atoms with Gasteiger partial charge in [-0.05, 0) is 66.2 Å². The number of carbonyl (C=O) groups excluding carboxylic acids is 1. The molecule has 0 saturated heterocycles. The Morgan fingerprint density at radius 3 is 2.47 bits per heavy atom. The Labute approximate surface area is 205 Å². The van der Waals surface area contributed by atoms with Gasteiger partial charge in [-0.25, -0.2) is 5.43 Å². The lowest BCUT2D eigenvalue weighted by Crippen LogP contribution is -2.17. The van der Waals surface area contributed by atoms with Gasteiger partial charge in [0.05, 0.1) is 12.8 Å². The molecule has 0 fully saturated rings. The standard InChI is InChI=1S/C24H21BrCl2N2O3/c1-3-31-22-10-18(13-28-29-24(30)16-6-4-15(2)5-7-16)20(25)12-23(22)32-14-17-8-9-19(26)11-21(17)27/h4-13H,3,14H2,1-2H3,(H,29,30)/b28-13-. The molecule has 5 nitrogen and oxygen atoms in total. The third-order valence-electron chi connectivity index (χ3n) is 4.44. The van der Waals surface area contributed by atoms with Gasteiger partial charge in [0.25, 0.3) is 5.91 Å². The second-order valence-electron chi connectivity index (χ2n) is 6.84. The molecule has 0 atom stereocenters. The second kappa shape index (κ2) is 11.4. The Hall–Kier alpha value is -2.54. The fourth-order valence-electron chi connectivity index (χ4n) is 2.76. The molecule has 0 aliphatic carbocycles. The van der Waals surface area contributed by atoms with Crippen LogP contribution in [0.3, 0.4) is 0 Å². The van der Waals surface area contributed by atoms with Gasteiger partial charge in [0.1, 0.15) is 6.61 Å². The van der Waals surface area contributed by atoms with Crippen LogP contribution in [0.5, 0.6) is 11.5 Å². The zero-order valence-electron chi connectivity index (χ0n) is 17.5. The maximum atomic E-state index is 12.2. The van der Waals surface area contributed by atoms with Crippen LogP contribution in [0.1, 0.15) is 34.0 Å². The van der Waals surface area contributed by atoms with Gasteiger partial charge in [-0.2, -0.15) is 5.10 Å². The van der Waals surface area contributed by atoms with E-state index in [0.29, 0.717) is 33.7 Å². The lowest BCUT2D eigenvalue weighted by molar-refractivity contribution is 0.0955. The highest BCUT2D eigenvalue weighted by molar-refractivity contribution is 9.10. The van der Waals surface area contributed by atoms with Gasteiger partial charge in [-0.3, -0.25) is 4.79 Å². The summed E-state index contributed by atoms with van der Waals surface area (Å²) < 4.78 is 12.4. The van der Waals surface area contributed by atoms with Crippen molar-refractivity contribution < 1.29 is 14.3 Å². The summed E-state index contributed by atoms with van der Waals surface area (Å²) in [7, 11) is 0. The first-order valence-corrected chi connectivity index (χ1v) is 11.4. The Morgan fingerprint density at radius 2 is 1.78 bits per heavy atom. The molecule has 0 spiro atoms. The minimum Gasteiger partial charge on any atom is -0.490 e. The largest absolute Gasteiger partial charge is 0.490 e. The quantitative estimate of drug-likeness (QED) is 0.254. The van der Waals surface area contributed by atoms with E-state index in [-0.39, 0.29) is 12.5 Å². The van der Waals surface area contributed by atoms with E-state index in [4.69, 9.17) is 32.7 Å². The third-order valence-corrected chi connectivity index (χ3v) is 5.72. The van der Waals surface area contributed by atoms with E-state index in [1.54, 1.807) is 42.6 Å². The van der Waals surface area contributed by atoms with Crippen molar-refractivity contribution in [3.8, 4) is 11.5 Å². The number of hydrogen-bond donors (Lipinski definition) is 1. The lowest BCUT2D eigenvalue weighted by atomic mass is 10.1. The van der Waals surface area contributed by atoms with Crippen molar-refractivity contribution in [1.82, 2.24) is 5.43 Å². The van der Waals surface area contributed by atoms with E-state index >= 15 is 0 Å². The maximum Gasteiger partial charge on any atom is 0.271 e. The minimum absolute atomic E-state index is 0.253. The van der Waals surface area contributed by atoms with Gasteiger partial charge in [0.2, 0.25) is 0 Å². The van der Waals surface area contributed by atoms with E-state index in [0.717, 1.165) is 21.2 Å². The van der Waals surface area contributed by atoms with Gasteiger partial charge in [-0.15, -0.1) is 0 Å². The van der Waals surface area contributed by atoms with Crippen LogP contribution in [0.2, 0.25) is 10.0 Å². The maximum absolute atomic E-state index is 12.2. The first-order chi connectivity index (χ1) is 15.4. The smallest absolute Gasteiger partial charge is 0.271 e. The summed E-state index contributed by atoms with van der Waals surface area (Å²) in [6, 6.07) is 16.1. The fourth-order valence-corrected chi connectivity index (χ4v) is 3.64. The van der Waals surface area contributed by atoms with Crippen LogP contribution in [0.25, 0.3) is 0 Å². The average molecular weight is 536 g/mol. The first kappa shape index (κ1) is 24.1. The zero-order valence-corrected chi connectivity index (χ0v) is 20.6. The molecule has 166 valence electrons. The van der Waals surface area contributed by atoms with E-state index in [1.165, 1.54) is 0 Å². The molecular weight excluding hydrogens is 515 g/mol. The number of aryl methyl sites for hydroxylation is 1. The zero-order chi connectivity index (χ0) is 23.1. The van der Waals surface area contributed by atoms with Crippen LogP contribution >= 0.6 is 39.1 Å². The van der Waals surface area contributed by atoms with Crippen LogP contribution in [-0.2, 0) is 6.61 Å². The lowest BCUT2D eigenvalue weighted by Gasteiger charge is -2.14. The molecule has 1 amide bonds. The van der Waals surface area contributed by atoms with Crippen molar-refractivity contribution in [2.45, 2.75) is 20.5 Å². The summed E-state index contributed by atoms with van der Waals surface area (Å²) in [5.41, 5.74) is 5.67. The van der Waals surface area contributed by atoms with Crippen molar-refractivity contribution in [3.05, 3.63) is 91.4 Å². The predicted octanol–water partition coefficient (Wildman–Crippen LogP) is 6.81. The summed E-state index contributed by atoms with van der Waals surface area (Å²) in [4.78, 5) is 12.2. The van der Waals surface area contributed by atoms with Crippen molar-refractivity contribution in [3.63, 3.8) is 0 Å². The van der Waals surface area contributed by atoms with Gasteiger partial charge < -0.3 is 9.47 Å². The number of carbonyl (C=O) groups is 1. The van der Waals surface area contributed by atoms with Crippen molar-refractivity contribution in [2.24, 2.45) is 5.10 Å². The topological polar surface area (TPSA) is 59.9 Å². The molecule has 32 heavy (non-hydrogen) atoms. The fraction of sp³-hybridized carbons (Fsp3) is 0.167. The second-order valence-corrected chi connectivity index (χ2v) is 8.54. The van der Waals surface area contributed by atoms with E-state index in [1.807, 2.05) is 32.0 Å². The van der Waals surface area contributed by atoms with E-state index < -0.39 is 0 Å². The molecule has 0 aliphatic rings. The predicted molar refractivity (Wildman–Crippen MR) is 132 cm³/mol. The summed E-state index contributed by atoms with van der Waals surface area (Å²) in [6.07, 6.45) is 1.54. The highest BCUT2D eigenvalue weighted by Gasteiger charge is 2.12. The van der Waals surface area contributed by atoms with E-state index in [2.05, 4.69) is 26.5 Å². The number of hydrazone groups is 1. The number of nitrogens with one attached hydrogen (secondary N) is 1. The number of rotatable bonds is 8. The summed E-state index contributed by atoms with van der Waals surface area (Å²) in [6.45, 7) is 4.56. The normalized spacial score (nSPS) is 10.9.